The van der Waals surface area contributed by atoms with Crippen molar-refractivity contribution >= 4 is 0 Å². The van der Waals surface area contributed by atoms with Crippen molar-refractivity contribution in [3.63, 3.8) is 0 Å². The summed E-state index contributed by atoms with van der Waals surface area (Å²) in [5, 5.41) is 8.43. The number of hydrogen-bond donors (Lipinski definition) is 1. The summed E-state index contributed by atoms with van der Waals surface area (Å²) in [5.41, 5.74) is 0.975. The van der Waals surface area contributed by atoms with Crippen molar-refractivity contribution < 1.29 is 0 Å². The average molecular weight is 345 g/mol. The maximum absolute atomic E-state index is 12.1. The largest absolute Gasteiger partial charge is 0.311 e. The molecule has 2 bridgehead atoms. The summed E-state index contributed by atoms with van der Waals surface area (Å²) in [6, 6.07) is 6.63. The van der Waals surface area contributed by atoms with E-state index in [4.69, 9.17) is 0 Å². The fraction of sp³-hybridized carbons (Fsp3) is 0.800. The van der Waals surface area contributed by atoms with Crippen LogP contribution in [0.25, 0.3) is 0 Å². The minimum Gasteiger partial charge on any atom is -0.311 e. The quantitative estimate of drug-likeness (QED) is 0.916. The molecule has 25 heavy (non-hydrogen) atoms. The normalized spacial score (nSPS) is 36.3. The van der Waals surface area contributed by atoms with Gasteiger partial charge in [0.05, 0.1) is 11.7 Å². The Kier molecular flexibility index (Phi) is 4.96. The van der Waals surface area contributed by atoms with E-state index in [1.54, 1.807) is 10.7 Å². The molecule has 1 aromatic rings. The van der Waals surface area contributed by atoms with Crippen LogP contribution in [-0.4, -0.2) is 45.9 Å². The van der Waals surface area contributed by atoms with E-state index in [1.807, 2.05) is 13.0 Å². The van der Waals surface area contributed by atoms with Crippen LogP contribution >= 0.6 is 0 Å². The molecule has 0 aromatic carbocycles. The minimum atomic E-state index is 0.0464. The molecule has 3 heterocycles. The van der Waals surface area contributed by atoms with Crippen molar-refractivity contribution in [2.24, 2.45) is 0 Å². The number of fused-ring (bicyclic) bond motifs is 2. The molecule has 3 fully saturated rings. The molecule has 5 heteroatoms. The molecule has 1 aromatic heterocycles. The van der Waals surface area contributed by atoms with Crippen molar-refractivity contribution in [1.82, 2.24) is 20.0 Å². The van der Waals surface area contributed by atoms with Crippen molar-refractivity contribution in [1.29, 1.82) is 0 Å². The van der Waals surface area contributed by atoms with Crippen LogP contribution in [0.15, 0.2) is 16.9 Å². The number of aryl methyl sites for hydroxylation is 1. The van der Waals surface area contributed by atoms with E-state index in [9.17, 15) is 4.79 Å². The molecular formula is C20H32N4O. The third-order valence-electron chi connectivity index (χ3n) is 6.81. The van der Waals surface area contributed by atoms with E-state index in [0.29, 0.717) is 12.1 Å². The van der Waals surface area contributed by atoms with Crippen LogP contribution in [0.3, 0.4) is 0 Å². The number of nitrogens with one attached hydrogen (secondary N) is 1. The molecule has 0 amide bonds. The van der Waals surface area contributed by atoms with Crippen molar-refractivity contribution in [2.45, 2.75) is 94.9 Å². The van der Waals surface area contributed by atoms with Gasteiger partial charge in [-0.3, -0.25) is 4.79 Å². The monoisotopic (exact) mass is 344 g/mol. The lowest BCUT2D eigenvalue weighted by molar-refractivity contribution is 0.0437. The number of rotatable bonds is 3. The number of aromatic nitrogens is 2. The Balaban J connectivity index is 1.32. The molecule has 1 N–H and O–H groups in total. The van der Waals surface area contributed by atoms with Crippen molar-refractivity contribution in [3.8, 4) is 0 Å². The van der Waals surface area contributed by atoms with Gasteiger partial charge in [0.1, 0.15) is 0 Å². The Hall–Kier alpha value is -1.20. The van der Waals surface area contributed by atoms with Gasteiger partial charge in [0, 0.05) is 30.2 Å². The highest BCUT2D eigenvalue weighted by molar-refractivity contribution is 4.99. The SMILES string of the molecule is Cc1ccc(=O)n(C2CCC(NC3CC4CCCC(C3)N4C)CC2)n1. The Morgan fingerprint density at radius 3 is 2.32 bits per heavy atom. The lowest BCUT2D eigenvalue weighted by Gasteiger charge is -2.48. The van der Waals surface area contributed by atoms with Gasteiger partial charge in [-0.05, 0) is 71.4 Å². The first-order valence-electron chi connectivity index (χ1n) is 10.1. The van der Waals surface area contributed by atoms with Crippen molar-refractivity contribution in [3.05, 3.63) is 28.2 Å². The molecule has 2 atom stereocenters. The number of nitrogens with zero attached hydrogens (tertiary/aromatic N) is 3. The van der Waals surface area contributed by atoms with Gasteiger partial charge in [0.25, 0.3) is 5.56 Å². The smallest absolute Gasteiger partial charge is 0.267 e. The molecule has 3 aliphatic rings. The lowest BCUT2D eigenvalue weighted by atomic mass is 9.81. The summed E-state index contributed by atoms with van der Waals surface area (Å²) in [5.74, 6) is 0. The Morgan fingerprint density at radius 2 is 1.64 bits per heavy atom. The Labute approximate surface area is 150 Å². The zero-order valence-electron chi connectivity index (χ0n) is 15.7. The Morgan fingerprint density at radius 1 is 0.960 bits per heavy atom. The topological polar surface area (TPSA) is 50.2 Å². The molecule has 138 valence electrons. The van der Waals surface area contributed by atoms with Gasteiger partial charge in [-0.15, -0.1) is 0 Å². The third kappa shape index (κ3) is 3.68. The first-order valence-corrected chi connectivity index (χ1v) is 10.1. The van der Waals surface area contributed by atoms with Crippen LogP contribution in [0.1, 0.15) is 69.5 Å². The summed E-state index contributed by atoms with van der Waals surface area (Å²) in [7, 11) is 2.32. The van der Waals surface area contributed by atoms with Crippen LogP contribution in [0, 0.1) is 6.92 Å². The highest BCUT2D eigenvalue weighted by atomic mass is 16.1. The standard InChI is InChI=1S/C20H32N4O/c1-14-6-11-20(25)24(22-14)17-9-7-15(8-10-17)21-16-12-18-4-3-5-19(13-16)23(18)2/h6,11,15-19,21H,3-5,7-10,12-13H2,1-2H3. The average Bonchev–Trinajstić information content (AvgIpc) is 2.59. The summed E-state index contributed by atoms with van der Waals surface area (Å²) in [6.45, 7) is 1.96. The van der Waals surface area contributed by atoms with E-state index in [2.05, 4.69) is 22.4 Å². The third-order valence-corrected chi connectivity index (χ3v) is 6.81. The molecule has 2 unspecified atom stereocenters. The molecule has 4 rings (SSSR count). The van der Waals surface area contributed by atoms with Crippen LogP contribution < -0.4 is 10.9 Å². The van der Waals surface area contributed by atoms with Crippen LogP contribution in [0.5, 0.6) is 0 Å². The predicted octanol–water partition coefficient (Wildman–Crippen LogP) is 2.64. The van der Waals surface area contributed by atoms with Gasteiger partial charge in [0.2, 0.25) is 0 Å². The van der Waals surface area contributed by atoms with Gasteiger partial charge in [-0.2, -0.15) is 5.10 Å². The molecule has 1 saturated carbocycles. The van der Waals surface area contributed by atoms with Gasteiger partial charge < -0.3 is 10.2 Å². The van der Waals surface area contributed by atoms with Crippen LogP contribution in [0.4, 0.5) is 0 Å². The second-order valence-corrected chi connectivity index (χ2v) is 8.50. The summed E-state index contributed by atoms with van der Waals surface area (Å²) < 4.78 is 1.73. The lowest BCUT2D eigenvalue weighted by Crippen LogP contribution is -2.56. The van der Waals surface area contributed by atoms with Gasteiger partial charge in [0.15, 0.2) is 0 Å². The first kappa shape index (κ1) is 17.2. The van der Waals surface area contributed by atoms with Gasteiger partial charge in [-0.25, -0.2) is 4.68 Å². The fourth-order valence-corrected chi connectivity index (χ4v) is 5.35. The zero-order valence-corrected chi connectivity index (χ0v) is 15.7. The molecule has 2 saturated heterocycles. The predicted molar refractivity (Wildman–Crippen MR) is 99.9 cm³/mol. The van der Waals surface area contributed by atoms with Crippen LogP contribution in [-0.2, 0) is 0 Å². The second-order valence-electron chi connectivity index (χ2n) is 8.50. The maximum Gasteiger partial charge on any atom is 0.267 e. The second kappa shape index (κ2) is 7.20. The van der Waals surface area contributed by atoms with E-state index in [1.165, 1.54) is 32.1 Å². The van der Waals surface area contributed by atoms with Crippen molar-refractivity contribution in [2.75, 3.05) is 7.05 Å². The minimum absolute atomic E-state index is 0.0464. The van der Waals surface area contributed by atoms with E-state index < -0.39 is 0 Å². The van der Waals surface area contributed by atoms with E-state index in [-0.39, 0.29) is 11.6 Å². The molecule has 2 aliphatic heterocycles. The molecular weight excluding hydrogens is 312 g/mol. The number of hydrogen-bond acceptors (Lipinski definition) is 4. The maximum atomic E-state index is 12.1. The summed E-state index contributed by atoms with van der Waals surface area (Å²) in [6.07, 6.45) is 11.2. The highest BCUT2D eigenvalue weighted by Crippen LogP contribution is 2.34. The first-order chi connectivity index (χ1) is 12.1. The number of piperidine rings is 2. The van der Waals surface area contributed by atoms with Gasteiger partial charge in [-0.1, -0.05) is 6.42 Å². The zero-order chi connectivity index (χ0) is 17.4. The highest BCUT2D eigenvalue weighted by Gasteiger charge is 2.37. The van der Waals surface area contributed by atoms with Crippen LogP contribution in [0.2, 0.25) is 0 Å². The summed E-state index contributed by atoms with van der Waals surface area (Å²) >= 11 is 0. The Bertz CT molecular complexity index is 635. The summed E-state index contributed by atoms with van der Waals surface area (Å²) in [4.78, 5) is 14.7. The molecule has 1 aliphatic carbocycles. The molecule has 5 nitrogen and oxygen atoms in total. The van der Waals surface area contributed by atoms with E-state index >= 15 is 0 Å². The van der Waals surface area contributed by atoms with Gasteiger partial charge >= 0.3 is 0 Å². The molecule has 0 radical (unpaired) electrons. The molecule has 0 spiro atoms. The fourth-order valence-electron chi connectivity index (χ4n) is 5.35. The van der Waals surface area contributed by atoms with E-state index in [0.717, 1.165) is 43.5 Å².